The van der Waals surface area contributed by atoms with Crippen molar-refractivity contribution in [3.05, 3.63) is 131 Å². The van der Waals surface area contributed by atoms with Gasteiger partial charge in [-0.1, -0.05) is 113 Å². The molecular formula is C34H30. The zero-order valence-electron chi connectivity index (χ0n) is 20.4. The summed E-state index contributed by atoms with van der Waals surface area (Å²) in [5, 5.41) is 0. The average Bonchev–Trinajstić information content (AvgIpc) is 2.83. The Bertz CT molecular complexity index is 1340. The van der Waals surface area contributed by atoms with Gasteiger partial charge in [0.25, 0.3) is 0 Å². The summed E-state index contributed by atoms with van der Waals surface area (Å²) in [4.78, 5) is 0. The van der Waals surface area contributed by atoms with Crippen LogP contribution in [0.1, 0.15) is 22.3 Å². The summed E-state index contributed by atoms with van der Waals surface area (Å²) < 4.78 is 0. The first-order valence-electron chi connectivity index (χ1n) is 11.9. The Hall–Kier alpha value is -3.90. The van der Waals surface area contributed by atoms with Crippen LogP contribution in [0.4, 0.5) is 0 Å². The van der Waals surface area contributed by atoms with Crippen LogP contribution in [-0.2, 0) is 0 Å². The van der Waals surface area contributed by atoms with Crippen LogP contribution in [0, 0.1) is 27.7 Å². The fraction of sp³-hybridized carbons (Fsp3) is 0.118. The molecule has 166 valence electrons. The first-order chi connectivity index (χ1) is 16.4. The van der Waals surface area contributed by atoms with Gasteiger partial charge in [0.15, 0.2) is 0 Å². The summed E-state index contributed by atoms with van der Waals surface area (Å²) >= 11 is 0. The number of hydrogen-bond acceptors (Lipinski definition) is 0. The monoisotopic (exact) mass is 438 g/mol. The van der Waals surface area contributed by atoms with E-state index in [1.807, 2.05) is 0 Å². The van der Waals surface area contributed by atoms with E-state index in [4.69, 9.17) is 0 Å². The second-order valence-electron chi connectivity index (χ2n) is 9.50. The standard InChI is InChI=1S/C34H30/c1-23-14-24(2)17-33(16-23)31-12-6-10-29(21-31)27-8-5-9-28(20-27)30-11-7-13-32(22-30)34-18-25(3)15-26(4)19-34/h5-22H,1-4H3. The van der Waals surface area contributed by atoms with E-state index in [9.17, 15) is 0 Å². The number of aryl methyl sites for hydroxylation is 4. The van der Waals surface area contributed by atoms with Crippen molar-refractivity contribution in [3.8, 4) is 44.5 Å². The SMILES string of the molecule is Cc1cc(C)cc(-c2cccc(-c3cccc(-c4cccc(-c5cc(C)cc(C)c5)c4)c3)c2)c1. The zero-order valence-corrected chi connectivity index (χ0v) is 20.4. The van der Waals surface area contributed by atoms with Crippen molar-refractivity contribution in [1.29, 1.82) is 0 Å². The molecule has 0 aliphatic heterocycles. The van der Waals surface area contributed by atoms with Crippen LogP contribution in [0.5, 0.6) is 0 Å². The fourth-order valence-corrected chi connectivity index (χ4v) is 4.92. The van der Waals surface area contributed by atoms with E-state index in [1.54, 1.807) is 0 Å². The molecule has 5 aromatic carbocycles. The Morgan fingerprint density at radius 2 is 0.500 bits per heavy atom. The Labute approximate surface area is 203 Å². The maximum Gasteiger partial charge on any atom is -0.0178 e. The van der Waals surface area contributed by atoms with Crippen LogP contribution in [0.25, 0.3) is 44.5 Å². The highest BCUT2D eigenvalue weighted by Gasteiger charge is 2.07. The van der Waals surface area contributed by atoms with Crippen molar-refractivity contribution in [3.63, 3.8) is 0 Å². The van der Waals surface area contributed by atoms with E-state index in [0.29, 0.717) is 0 Å². The second-order valence-corrected chi connectivity index (χ2v) is 9.50. The second kappa shape index (κ2) is 9.15. The lowest BCUT2D eigenvalue weighted by Gasteiger charge is -2.11. The van der Waals surface area contributed by atoms with E-state index >= 15 is 0 Å². The smallest absolute Gasteiger partial charge is 0.0178 e. The molecule has 5 rings (SSSR count). The minimum absolute atomic E-state index is 1.24. The van der Waals surface area contributed by atoms with E-state index in [-0.39, 0.29) is 0 Å². The van der Waals surface area contributed by atoms with Gasteiger partial charge in [-0.25, -0.2) is 0 Å². The molecule has 0 amide bonds. The molecule has 0 aliphatic rings. The van der Waals surface area contributed by atoms with Gasteiger partial charge in [-0.3, -0.25) is 0 Å². The number of hydrogen-bond donors (Lipinski definition) is 0. The molecule has 34 heavy (non-hydrogen) atoms. The molecule has 0 fully saturated rings. The van der Waals surface area contributed by atoms with Gasteiger partial charge in [-0.05, 0) is 90.4 Å². The largest absolute Gasteiger partial charge is 0.0610 e. The first-order valence-corrected chi connectivity index (χ1v) is 11.9. The van der Waals surface area contributed by atoms with E-state index < -0.39 is 0 Å². The van der Waals surface area contributed by atoms with Crippen molar-refractivity contribution >= 4 is 0 Å². The Morgan fingerprint density at radius 1 is 0.265 bits per heavy atom. The van der Waals surface area contributed by atoms with Crippen molar-refractivity contribution in [1.82, 2.24) is 0 Å². The maximum atomic E-state index is 2.31. The zero-order chi connectivity index (χ0) is 23.7. The Kier molecular flexibility index (Phi) is 5.90. The lowest BCUT2D eigenvalue weighted by molar-refractivity contribution is 1.38. The van der Waals surface area contributed by atoms with Gasteiger partial charge in [0.05, 0.1) is 0 Å². The molecule has 0 aromatic heterocycles. The molecule has 0 saturated heterocycles. The molecule has 0 spiro atoms. The van der Waals surface area contributed by atoms with Gasteiger partial charge in [0, 0.05) is 0 Å². The number of benzene rings is 5. The molecule has 0 N–H and O–H groups in total. The fourth-order valence-electron chi connectivity index (χ4n) is 4.92. The maximum absolute atomic E-state index is 2.31. The predicted octanol–water partition coefficient (Wildman–Crippen LogP) is 9.59. The third-order valence-corrected chi connectivity index (χ3v) is 6.36. The normalized spacial score (nSPS) is 10.9. The number of rotatable bonds is 4. The van der Waals surface area contributed by atoms with Crippen molar-refractivity contribution in [2.24, 2.45) is 0 Å². The molecule has 0 heteroatoms. The molecule has 0 heterocycles. The molecule has 0 nitrogen and oxygen atoms in total. The van der Waals surface area contributed by atoms with Crippen LogP contribution in [0.3, 0.4) is 0 Å². The third-order valence-electron chi connectivity index (χ3n) is 6.36. The molecule has 0 atom stereocenters. The lowest BCUT2D eigenvalue weighted by atomic mass is 9.94. The predicted molar refractivity (Wildman–Crippen MR) is 147 cm³/mol. The van der Waals surface area contributed by atoms with E-state index in [2.05, 4.69) is 137 Å². The molecule has 0 radical (unpaired) electrons. The quantitative estimate of drug-likeness (QED) is 0.262. The van der Waals surface area contributed by atoms with E-state index in [1.165, 1.54) is 66.8 Å². The van der Waals surface area contributed by atoms with Crippen molar-refractivity contribution in [2.75, 3.05) is 0 Å². The minimum atomic E-state index is 1.24. The topological polar surface area (TPSA) is 0 Å². The van der Waals surface area contributed by atoms with E-state index in [0.717, 1.165) is 0 Å². The molecule has 0 unspecified atom stereocenters. The van der Waals surface area contributed by atoms with Gasteiger partial charge >= 0.3 is 0 Å². The highest BCUT2D eigenvalue weighted by molar-refractivity contribution is 5.79. The highest BCUT2D eigenvalue weighted by Crippen LogP contribution is 2.32. The lowest BCUT2D eigenvalue weighted by Crippen LogP contribution is -1.86. The molecule has 5 aromatic rings. The van der Waals surface area contributed by atoms with Gasteiger partial charge in [0.2, 0.25) is 0 Å². The van der Waals surface area contributed by atoms with Crippen molar-refractivity contribution < 1.29 is 0 Å². The summed E-state index contributed by atoms with van der Waals surface area (Å²) in [6, 6.07) is 40.1. The van der Waals surface area contributed by atoms with Gasteiger partial charge in [-0.15, -0.1) is 0 Å². The molecule has 0 bridgehead atoms. The molecule has 0 saturated carbocycles. The van der Waals surface area contributed by atoms with Crippen LogP contribution in [0.15, 0.2) is 109 Å². The van der Waals surface area contributed by atoms with Crippen LogP contribution in [0.2, 0.25) is 0 Å². The van der Waals surface area contributed by atoms with Crippen LogP contribution >= 0.6 is 0 Å². The van der Waals surface area contributed by atoms with Crippen LogP contribution < -0.4 is 0 Å². The summed E-state index contributed by atoms with van der Waals surface area (Å²) in [6.07, 6.45) is 0. The summed E-state index contributed by atoms with van der Waals surface area (Å²) in [7, 11) is 0. The Morgan fingerprint density at radius 3 is 0.765 bits per heavy atom. The van der Waals surface area contributed by atoms with Gasteiger partial charge in [0.1, 0.15) is 0 Å². The average molecular weight is 439 g/mol. The van der Waals surface area contributed by atoms with Gasteiger partial charge in [-0.2, -0.15) is 0 Å². The summed E-state index contributed by atoms with van der Waals surface area (Å²) in [6.45, 7) is 8.65. The van der Waals surface area contributed by atoms with Crippen molar-refractivity contribution in [2.45, 2.75) is 27.7 Å². The van der Waals surface area contributed by atoms with Gasteiger partial charge < -0.3 is 0 Å². The third kappa shape index (κ3) is 4.72. The first kappa shape index (κ1) is 21.9. The molecular weight excluding hydrogens is 408 g/mol. The Balaban J connectivity index is 1.52. The minimum Gasteiger partial charge on any atom is -0.0610 e. The summed E-state index contributed by atoms with van der Waals surface area (Å²) in [5.74, 6) is 0. The highest BCUT2D eigenvalue weighted by atomic mass is 14.1. The summed E-state index contributed by atoms with van der Waals surface area (Å²) in [5.41, 5.74) is 15.2. The van der Waals surface area contributed by atoms with Crippen LogP contribution in [-0.4, -0.2) is 0 Å². The molecule has 0 aliphatic carbocycles.